The standard InChI is InChI=1S/C26H19N3S/c27-18-20(19-28)17-25-15-16-26(30-25)21-11-13-24(14-12-21)29(22-7-3-1-4-8-22)23-9-5-2-6-10-23/h1-16,20H,17H2. The first-order chi connectivity index (χ1) is 14.8. The van der Waals surface area contributed by atoms with Crippen LogP contribution in [0.2, 0.25) is 0 Å². The van der Waals surface area contributed by atoms with Crippen molar-refractivity contribution in [2.24, 2.45) is 5.92 Å². The van der Waals surface area contributed by atoms with Gasteiger partial charge in [0.05, 0.1) is 12.1 Å². The Labute approximate surface area is 180 Å². The fourth-order valence-electron chi connectivity index (χ4n) is 3.34. The van der Waals surface area contributed by atoms with E-state index in [0.717, 1.165) is 32.4 Å². The van der Waals surface area contributed by atoms with Crippen molar-refractivity contribution in [3.05, 3.63) is 102 Å². The second kappa shape index (κ2) is 9.09. The van der Waals surface area contributed by atoms with Crippen molar-refractivity contribution < 1.29 is 0 Å². The van der Waals surface area contributed by atoms with Gasteiger partial charge >= 0.3 is 0 Å². The first-order valence-corrected chi connectivity index (χ1v) is 10.5. The fraction of sp³-hybridized carbons (Fsp3) is 0.0769. The molecule has 3 aromatic carbocycles. The Kier molecular flexibility index (Phi) is 5.90. The molecule has 0 fully saturated rings. The third-order valence-electron chi connectivity index (χ3n) is 4.82. The van der Waals surface area contributed by atoms with Crippen molar-refractivity contribution >= 4 is 28.4 Å². The van der Waals surface area contributed by atoms with Crippen molar-refractivity contribution in [1.29, 1.82) is 10.5 Å². The molecule has 0 N–H and O–H groups in total. The molecule has 0 spiro atoms. The van der Waals surface area contributed by atoms with Crippen molar-refractivity contribution in [1.82, 2.24) is 0 Å². The number of nitriles is 2. The van der Waals surface area contributed by atoms with Gasteiger partial charge in [0.2, 0.25) is 0 Å². The Balaban J connectivity index is 1.63. The van der Waals surface area contributed by atoms with E-state index in [1.54, 1.807) is 11.3 Å². The summed E-state index contributed by atoms with van der Waals surface area (Å²) in [7, 11) is 0. The second-order valence-electron chi connectivity index (χ2n) is 6.83. The van der Waals surface area contributed by atoms with Gasteiger partial charge in [0.25, 0.3) is 0 Å². The van der Waals surface area contributed by atoms with Crippen LogP contribution < -0.4 is 4.90 Å². The topological polar surface area (TPSA) is 50.8 Å². The van der Waals surface area contributed by atoms with E-state index in [4.69, 9.17) is 10.5 Å². The number of rotatable bonds is 6. The highest BCUT2D eigenvalue weighted by Crippen LogP contribution is 2.36. The molecule has 144 valence electrons. The highest BCUT2D eigenvalue weighted by atomic mass is 32.1. The molecule has 0 aliphatic rings. The minimum absolute atomic E-state index is 0.478. The average molecular weight is 406 g/mol. The molecule has 0 saturated heterocycles. The van der Waals surface area contributed by atoms with E-state index < -0.39 is 5.92 Å². The monoisotopic (exact) mass is 405 g/mol. The van der Waals surface area contributed by atoms with E-state index in [1.807, 2.05) is 54.6 Å². The van der Waals surface area contributed by atoms with E-state index >= 15 is 0 Å². The Morgan fingerprint density at radius 1 is 0.667 bits per heavy atom. The lowest BCUT2D eigenvalue weighted by Gasteiger charge is -2.25. The predicted molar refractivity (Wildman–Crippen MR) is 123 cm³/mol. The quantitative estimate of drug-likeness (QED) is 0.344. The summed E-state index contributed by atoms with van der Waals surface area (Å²) in [6.45, 7) is 0. The lowest BCUT2D eigenvalue weighted by Crippen LogP contribution is -2.09. The number of para-hydroxylation sites is 2. The van der Waals surface area contributed by atoms with Gasteiger partial charge in [-0.25, -0.2) is 0 Å². The van der Waals surface area contributed by atoms with Crippen LogP contribution in [-0.2, 0) is 6.42 Å². The zero-order chi connectivity index (χ0) is 20.8. The molecule has 30 heavy (non-hydrogen) atoms. The molecular weight excluding hydrogens is 386 g/mol. The van der Waals surface area contributed by atoms with E-state index in [-0.39, 0.29) is 0 Å². The minimum atomic E-state index is -0.593. The van der Waals surface area contributed by atoms with Crippen molar-refractivity contribution in [3.63, 3.8) is 0 Å². The Morgan fingerprint density at radius 3 is 1.73 bits per heavy atom. The van der Waals surface area contributed by atoms with Gasteiger partial charge in [0, 0.05) is 33.2 Å². The van der Waals surface area contributed by atoms with Crippen LogP contribution in [0.15, 0.2) is 97.1 Å². The third-order valence-corrected chi connectivity index (χ3v) is 5.97. The van der Waals surface area contributed by atoms with Gasteiger partial charge in [-0.15, -0.1) is 11.3 Å². The molecule has 0 radical (unpaired) electrons. The van der Waals surface area contributed by atoms with Crippen LogP contribution >= 0.6 is 11.3 Å². The summed E-state index contributed by atoms with van der Waals surface area (Å²) in [5, 5.41) is 18.0. The summed E-state index contributed by atoms with van der Waals surface area (Å²) < 4.78 is 0. The molecule has 0 atom stereocenters. The van der Waals surface area contributed by atoms with Gasteiger partial charge in [-0.3, -0.25) is 0 Å². The van der Waals surface area contributed by atoms with Crippen molar-refractivity contribution in [3.8, 4) is 22.6 Å². The Morgan fingerprint density at radius 2 is 1.20 bits per heavy atom. The normalized spacial score (nSPS) is 10.4. The molecule has 0 amide bonds. The molecule has 4 aromatic rings. The summed E-state index contributed by atoms with van der Waals surface area (Å²) in [6, 6.07) is 37.3. The lowest BCUT2D eigenvalue weighted by atomic mass is 10.1. The molecular formula is C26H19N3S. The van der Waals surface area contributed by atoms with E-state index in [1.165, 1.54) is 0 Å². The largest absolute Gasteiger partial charge is 0.311 e. The smallest absolute Gasteiger partial charge is 0.138 e. The molecule has 4 heteroatoms. The zero-order valence-electron chi connectivity index (χ0n) is 16.3. The SMILES string of the molecule is N#CC(C#N)Cc1ccc(-c2ccc(N(c3ccccc3)c3ccccc3)cc2)s1. The van der Waals surface area contributed by atoms with Gasteiger partial charge in [0.15, 0.2) is 0 Å². The highest BCUT2D eigenvalue weighted by Gasteiger charge is 2.13. The number of hydrogen-bond donors (Lipinski definition) is 0. The summed E-state index contributed by atoms with van der Waals surface area (Å²) >= 11 is 1.64. The highest BCUT2D eigenvalue weighted by molar-refractivity contribution is 7.15. The van der Waals surface area contributed by atoms with Crippen molar-refractivity contribution in [2.75, 3.05) is 4.90 Å². The first-order valence-electron chi connectivity index (χ1n) is 9.67. The maximum Gasteiger partial charge on any atom is 0.138 e. The van der Waals surface area contributed by atoms with Crippen LogP contribution in [0, 0.1) is 28.6 Å². The van der Waals surface area contributed by atoms with Crippen LogP contribution in [0.25, 0.3) is 10.4 Å². The van der Waals surface area contributed by atoms with Crippen molar-refractivity contribution in [2.45, 2.75) is 6.42 Å². The molecule has 0 unspecified atom stereocenters. The maximum absolute atomic E-state index is 9.01. The molecule has 0 bridgehead atoms. The molecule has 0 aliphatic heterocycles. The minimum Gasteiger partial charge on any atom is -0.311 e. The van der Waals surface area contributed by atoms with Crippen LogP contribution in [0.5, 0.6) is 0 Å². The van der Waals surface area contributed by atoms with Gasteiger partial charge in [-0.1, -0.05) is 48.5 Å². The van der Waals surface area contributed by atoms with Gasteiger partial charge in [-0.05, 0) is 54.1 Å². The fourth-order valence-corrected chi connectivity index (χ4v) is 4.40. The number of thiophene rings is 1. The van der Waals surface area contributed by atoms with E-state index in [0.29, 0.717) is 6.42 Å². The van der Waals surface area contributed by atoms with Gasteiger partial charge in [0.1, 0.15) is 5.92 Å². The summed E-state index contributed by atoms with van der Waals surface area (Å²) in [4.78, 5) is 4.42. The van der Waals surface area contributed by atoms with Crippen LogP contribution in [-0.4, -0.2) is 0 Å². The van der Waals surface area contributed by atoms with Gasteiger partial charge < -0.3 is 4.90 Å². The number of benzene rings is 3. The van der Waals surface area contributed by atoms with Crippen LogP contribution in [0.3, 0.4) is 0 Å². The number of nitrogens with zero attached hydrogens (tertiary/aromatic N) is 3. The summed E-state index contributed by atoms with van der Waals surface area (Å²) in [5.74, 6) is -0.593. The second-order valence-corrected chi connectivity index (χ2v) is 8.00. The molecule has 0 saturated carbocycles. The zero-order valence-corrected chi connectivity index (χ0v) is 17.1. The van der Waals surface area contributed by atoms with E-state index in [9.17, 15) is 0 Å². The first kappa shape index (κ1) is 19.5. The third kappa shape index (κ3) is 4.25. The number of hydrogen-bond acceptors (Lipinski definition) is 4. The molecule has 3 nitrogen and oxygen atoms in total. The molecule has 1 aromatic heterocycles. The Bertz CT molecular complexity index is 1130. The summed E-state index contributed by atoms with van der Waals surface area (Å²) in [5.41, 5.74) is 4.42. The Hall–Kier alpha value is -3.86. The lowest BCUT2D eigenvalue weighted by molar-refractivity contribution is 0.847. The predicted octanol–water partition coefficient (Wildman–Crippen LogP) is 7.09. The maximum atomic E-state index is 9.01. The van der Waals surface area contributed by atoms with Gasteiger partial charge in [-0.2, -0.15) is 10.5 Å². The molecule has 4 rings (SSSR count). The van der Waals surface area contributed by atoms with Crippen LogP contribution in [0.1, 0.15) is 4.88 Å². The van der Waals surface area contributed by atoms with E-state index in [2.05, 4.69) is 59.5 Å². The van der Waals surface area contributed by atoms with Crippen LogP contribution in [0.4, 0.5) is 17.1 Å². The summed E-state index contributed by atoms with van der Waals surface area (Å²) in [6.07, 6.45) is 0.478. The average Bonchev–Trinajstić information content (AvgIpc) is 3.28. The molecule has 0 aliphatic carbocycles. The number of anilines is 3. The molecule has 1 heterocycles.